The summed E-state index contributed by atoms with van der Waals surface area (Å²) < 4.78 is 6.20. The van der Waals surface area contributed by atoms with Gasteiger partial charge in [-0.25, -0.2) is 9.78 Å². The number of rotatable bonds is 6. The molecule has 4 rings (SSSR count). The molecule has 3 aliphatic rings. The lowest BCUT2D eigenvalue weighted by atomic mass is 9.88. The van der Waals surface area contributed by atoms with E-state index in [1.165, 1.54) is 31.8 Å². The number of likely N-dealkylation sites (tertiary alicyclic amines) is 1. The van der Waals surface area contributed by atoms with Crippen LogP contribution >= 0.6 is 0 Å². The number of carboxylic acid groups (broad SMARTS) is 1. The Hall–Kier alpha value is -1.99. The maximum atomic E-state index is 10.5. The molecule has 1 aromatic heterocycles. The molecule has 4 heterocycles. The number of carbonyl (C=O) groups is 1. The topological polar surface area (TPSA) is 87.6 Å². The van der Waals surface area contributed by atoms with Gasteiger partial charge in [0.25, 0.3) is 0 Å². The summed E-state index contributed by atoms with van der Waals surface area (Å²) in [4.78, 5) is 21.6. The molecule has 0 aromatic carbocycles. The number of anilines is 1. The number of fused-ring (bicyclic) bond motifs is 2. The predicted molar refractivity (Wildman–Crippen MR) is 93.2 cm³/mol. The highest BCUT2D eigenvalue weighted by Crippen LogP contribution is 2.44. The second-order valence-corrected chi connectivity index (χ2v) is 7.36. The zero-order chi connectivity index (χ0) is 17.3. The largest absolute Gasteiger partial charge is 0.478 e. The molecule has 0 unspecified atom stereocenters. The highest BCUT2D eigenvalue weighted by Gasteiger charge is 2.47. The lowest BCUT2D eigenvalue weighted by molar-refractivity contribution is -0.131. The fourth-order valence-electron chi connectivity index (χ4n) is 4.27. The van der Waals surface area contributed by atoms with Gasteiger partial charge in [-0.2, -0.15) is 0 Å². The Balaban J connectivity index is 1.28. The molecule has 25 heavy (non-hydrogen) atoms. The average molecular weight is 344 g/mol. The minimum atomic E-state index is -0.991. The van der Waals surface area contributed by atoms with Crippen molar-refractivity contribution in [2.75, 3.05) is 25.0 Å². The number of nitrogens with one attached hydrogen (secondary N) is 1. The molecule has 0 spiro atoms. The summed E-state index contributed by atoms with van der Waals surface area (Å²) in [6.45, 7) is 3.13. The van der Waals surface area contributed by atoms with E-state index in [4.69, 9.17) is 9.84 Å². The van der Waals surface area contributed by atoms with Crippen molar-refractivity contribution >= 4 is 17.9 Å². The van der Waals surface area contributed by atoms with Crippen LogP contribution in [0.1, 0.15) is 37.8 Å². The van der Waals surface area contributed by atoms with Crippen molar-refractivity contribution in [1.29, 1.82) is 0 Å². The maximum absolute atomic E-state index is 10.5. The van der Waals surface area contributed by atoms with Gasteiger partial charge >= 0.3 is 5.97 Å². The van der Waals surface area contributed by atoms with Crippen molar-refractivity contribution < 1.29 is 14.6 Å². The fourth-order valence-corrected chi connectivity index (χ4v) is 4.27. The van der Waals surface area contributed by atoms with Crippen LogP contribution in [0.25, 0.3) is 6.08 Å². The zero-order valence-corrected chi connectivity index (χ0v) is 14.2. The quantitative estimate of drug-likeness (QED) is 0.761. The number of aromatic nitrogens is 2. The summed E-state index contributed by atoms with van der Waals surface area (Å²) in [5, 5.41) is 12.1. The summed E-state index contributed by atoms with van der Waals surface area (Å²) in [7, 11) is 0. The normalized spacial score (nSPS) is 31.8. The van der Waals surface area contributed by atoms with Gasteiger partial charge in [0.1, 0.15) is 5.82 Å². The van der Waals surface area contributed by atoms with Gasteiger partial charge in [0.2, 0.25) is 0 Å². The third kappa shape index (κ3) is 3.82. The Bertz CT molecular complexity index is 653. The summed E-state index contributed by atoms with van der Waals surface area (Å²) in [5.41, 5.74) is 0.659. The SMILES string of the molecule is O=C(O)/C=C/c1cnc(N[C@@H]2CCN(CC34CCC(CC3)O4)C2)cn1. The third-order valence-electron chi connectivity index (χ3n) is 5.47. The summed E-state index contributed by atoms with van der Waals surface area (Å²) in [6.07, 6.45) is 12.2. The number of hydrogen-bond acceptors (Lipinski definition) is 6. The first-order valence-corrected chi connectivity index (χ1v) is 9.00. The third-order valence-corrected chi connectivity index (χ3v) is 5.47. The van der Waals surface area contributed by atoms with Crippen molar-refractivity contribution in [3.05, 3.63) is 24.2 Å². The Morgan fingerprint density at radius 2 is 2.20 bits per heavy atom. The first-order chi connectivity index (χ1) is 12.1. The first kappa shape index (κ1) is 16.5. The molecule has 134 valence electrons. The minimum Gasteiger partial charge on any atom is -0.478 e. The molecule has 1 aromatic rings. The second-order valence-electron chi connectivity index (χ2n) is 7.36. The molecule has 0 radical (unpaired) electrons. The molecule has 0 aliphatic carbocycles. The van der Waals surface area contributed by atoms with Crippen LogP contribution in [0.3, 0.4) is 0 Å². The predicted octanol–water partition coefficient (Wildman–Crippen LogP) is 1.77. The van der Waals surface area contributed by atoms with E-state index < -0.39 is 5.97 Å². The van der Waals surface area contributed by atoms with Crippen molar-refractivity contribution in [3.63, 3.8) is 0 Å². The van der Waals surface area contributed by atoms with Gasteiger partial charge < -0.3 is 15.2 Å². The Kier molecular flexibility index (Phi) is 4.43. The first-order valence-electron chi connectivity index (χ1n) is 9.00. The maximum Gasteiger partial charge on any atom is 0.328 e. The van der Waals surface area contributed by atoms with Gasteiger partial charge in [-0.3, -0.25) is 9.88 Å². The molecule has 2 N–H and O–H groups in total. The molecule has 1 atom stereocenters. The van der Waals surface area contributed by atoms with E-state index in [1.54, 1.807) is 12.4 Å². The number of aliphatic carboxylic acids is 1. The second kappa shape index (κ2) is 6.72. The van der Waals surface area contributed by atoms with Crippen LogP contribution in [0.2, 0.25) is 0 Å². The lowest BCUT2D eigenvalue weighted by Crippen LogP contribution is -2.41. The molecule has 3 fully saturated rings. The van der Waals surface area contributed by atoms with E-state index in [2.05, 4.69) is 20.2 Å². The van der Waals surface area contributed by atoms with Gasteiger partial charge in [-0.1, -0.05) is 0 Å². The average Bonchev–Trinajstić information content (AvgIpc) is 3.31. The smallest absolute Gasteiger partial charge is 0.328 e. The van der Waals surface area contributed by atoms with E-state index in [0.717, 1.165) is 37.9 Å². The van der Waals surface area contributed by atoms with Gasteiger partial charge in [-0.05, 0) is 38.2 Å². The van der Waals surface area contributed by atoms with Crippen LogP contribution in [0.4, 0.5) is 5.82 Å². The number of ether oxygens (including phenoxy) is 1. The van der Waals surface area contributed by atoms with Crippen molar-refractivity contribution in [1.82, 2.24) is 14.9 Å². The van der Waals surface area contributed by atoms with Crippen LogP contribution in [-0.4, -0.2) is 63.3 Å². The van der Waals surface area contributed by atoms with Gasteiger partial charge in [0.15, 0.2) is 0 Å². The molecular formula is C18H24N4O3. The Morgan fingerprint density at radius 1 is 1.36 bits per heavy atom. The minimum absolute atomic E-state index is 0.123. The van der Waals surface area contributed by atoms with Gasteiger partial charge in [0.05, 0.1) is 29.8 Å². The number of carboxylic acids is 1. The highest BCUT2D eigenvalue weighted by atomic mass is 16.5. The molecule has 7 heteroatoms. The summed E-state index contributed by atoms with van der Waals surface area (Å²) in [6, 6.07) is 0.365. The van der Waals surface area contributed by atoms with E-state index in [9.17, 15) is 4.79 Å². The van der Waals surface area contributed by atoms with Crippen LogP contribution < -0.4 is 5.32 Å². The molecule has 3 saturated heterocycles. The Labute approximate surface area is 147 Å². The van der Waals surface area contributed by atoms with E-state index in [1.807, 2.05) is 0 Å². The molecule has 0 saturated carbocycles. The van der Waals surface area contributed by atoms with Crippen molar-refractivity contribution in [3.8, 4) is 0 Å². The number of hydrogen-bond donors (Lipinski definition) is 2. The fraction of sp³-hybridized carbons (Fsp3) is 0.611. The van der Waals surface area contributed by atoms with Crippen LogP contribution in [0.15, 0.2) is 18.5 Å². The zero-order valence-electron chi connectivity index (χ0n) is 14.2. The number of nitrogens with zero attached hydrogens (tertiary/aromatic N) is 3. The monoisotopic (exact) mass is 344 g/mol. The van der Waals surface area contributed by atoms with E-state index in [-0.39, 0.29) is 5.60 Å². The Morgan fingerprint density at radius 3 is 2.84 bits per heavy atom. The summed E-state index contributed by atoms with van der Waals surface area (Å²) in [5.74, 6) is -0.259. The van der Waals surface area contributed by atoms with Crippen LogP contribution in [0.5, 0.6) is 0 Å². The molecule has 7 nitrogen and oxygen atoms in total. The van der Waals surface area contributed by atoms with Crippen LogP contribution in [0, 0.1) is 0 Å². The lowest BCUT2D eigenvalue weighted by Gasteiger charge is -2.30. The van der Waals surface area contributed by atoms with Gasteiger partial charge in [-0.15, -0.1) is 0 Å². The van der Waals surface area contributed by atoms with Crippen molar-refractivity contribution in [2.45, 2.75) is 49.9 Å². The van der Waals surface area contributed by atoms with Crippen molar-refractivity contribution in [2.24, 2.45) is 0 Å². The summed E-state index contributed by atoms with van der Waals surface area (Å²) >= 11 is 0. The van der Waals surface area contributed by atoms with Gasteiger partial charge in [0, 0.05) is 31.8 Å². The molecule has 2 bridgehead atoms. The van der Waals surface area contributed by atoms with E-state index in [0.29, 0.717) is 17.8 Å². The molecular weight excluding hydrogens is 320 g/mol. The van der Waals surface area contributed by atoms with Crippen LogP contribution in [-0.2, 0) is 9.53 Å². The standard InChI is InChI=1S/C18H24N4O3/c23-17(24)2-1-13-9-20-16(10-19-13)21-14-5-8-22(11-14)12-18-6-3-15(25-18)4-7-18/h1-2,9-10,14-15H,3-8,11-12H2,(H,20,21)(H,23,24)/b2-1+/t14-,15?,18?/m1/s1. The highest BCUT2D eigenvalue weighted by molar-refractivity contribution is 5.84. The molecule has 0 amide bonds. The van der Waals surface area contributed by atoms with E-state index >= 15 is 0 Å². The molecule has 3 aliphatic heterocycles.